The fourth-order valence-corrected chi connectivity index (χ4v) is 2.62. The first kappa shape index (κ1) is 12.1. The summed E-state index contributed by atoms with van der Waals surface area (Å²) in [5.74, 6) is 0.396. The van der Waals surface area contributed by atoms with E-state index in [0.717, 1.165) is 36.9 Å². The maximum Gasteiger partial charge on any atom is 0.0610 e. The normalized spacial score (nSPS) is 19.6. The van der Waals surface area contributed by atoms with Crippen molar-refractivity contribution in [1.82, 2.24) is 0 Å². The van der Waals surface area contributed by atoms with Gasteiger partial charge in [0, 0.05) is 17.7 Å². The van der Waals surface area contributed by atoms with Gasteiger partial charge in [0.05, 0.1) is 6.10 Å². The van der Waals surface area contributed by atoms with Crippen LogP contribution in [0.2, 0.25) is 0 Å². The summed E-state index contributed by atoms with van der Waals surface area (Å²) in [5, 5.41) is 10.1. The number of ether oxygens (including phenoxy) is 1. The van der Waals surface area contributed by atoms with Gasteiger partial charge in [0.25, 0.3) is 0 Å². The van der Waals surface area contributed by atoms with Crippen LogP contribution in [0.15, 0.2) is 28.7 Å². The van der Waals surface area contributed by atoms with Gasteiger partial charge >= 0.3 is 0 Å². The van der Waals surface area contributed by atoms with Gasteiger partial charge in [-0.2, -0.15) is 0 Å². The molecule has 0 amide bonds. The minimum absolute atomic E-state index is 0.238. The zero-order valence-corrected chi connectivity index (χ0v) is 10.8. The molecule has 1 unspecified atom stereocenters. The van der Waals surface area contributed by atoms with Crippen molar-refractivity contribution in [2.24, 2.45) is 5.92 Å². The molecule has 1 aromatic rings. The van der Waals surface area contributed by atoms with Crippen molar-refractivity contribution in [3.8, 4) is 0 Å². The maximum atomic E-state index is 10.1. The van der Waals surface area contributed by atoms with Gasteiger partial charge in [-0.1, -0.05) is 28.1 Å². The summed E-state index contributed by atoms with van der Waals surface area (Å²) in [4.78, 5) is 0. The SMILES string of the molecule is OC(Cc1cccc(Br)c1)C1CCOCC1. The lowest BCUT2D eigenvalue weighted by Crippen LogP contribution is -2.28. The monoisotopic (exact) mass is 284 g/mol. The third-order valence-corrected chi connectivity index (χ3v) is 3.64. The van der Waals surface area contributed by atoms with Gasteiger partial charge in [-0.25, -0.2) is 0 Å². The molecule has 0 aromatic heterocycles. The Hall–Kier alpha value is -0.380. The van der Waals surface area contributed by atoms with E-state index < -0.39 is 0 Å². The molecule has 1 aliphatic heterocycles. The second-order valence-corrected chi connectivity index (χ2v) is 5.27. The average Bonchev–Trinajstić information content (AvgIpc) is 2.30. The predicted octanol–water partition coefficient (Wildman–Crippen LogP) is 2.78. The maximum absolute atomic E-state index is 10.1. The second kappa shape index (κ2) is 5.80. The minimum Gasteiger partial charge on any atom is -0.392 e. The van der Waals surface area contributed by atoms with Crippen molar-refractivity contribution < 1.29 is 9.84 Å². The molecule has 3 heteroatoms. The van der Waals surface area contributed by atoms with E-state index in [1.165, 1.54) is 5.56 Å². The quantitative estimate of drug-likeness (QED) is 0.925. The first-order valence-electron chi connectivity index (χ1n) is 5.76. The summed E-state index contributed by atoms with van der Waals surface area (Å²) in [6.07, 6.45) is 2.47. The number of aliphatic hydroxyl groups excluding tert-OH is 1. The Bertz CT molecular complexity index is 334. The number of hydrogen-bond donors (Lipinski definition) is 1. The van der Waals surface area contributed by atoms with Crippen LogP contribution in [0.4, 0.5) is 0 Å². The molecule has 2 rings (SSSR count). The van der Waals surface area contributed by atoms with Crippen LogP contribution in [0.25, 0.3) is 0 Å². The predicted molar refractivity (Wildman–Crippen MR) is 67.4 cm³/mol. The van der Waals surface area contributed by atoms with E-state index in [0.29, 0.717) is 5.92 Å². The lowest BCUT2D eigenvalue weighted by molar-refractivity contribution is 0.00839. The van der Waals surface area contributed by atoms with E-state index in [-0.39, 0.29) is 6.10 Å². The second-order valence-electron chi connectivity index (χ2n) is 4.35. The molecular weight excluding hydrogens is 268 g/mol. The van der Waals surface area contributed by atoms with Crippen LogP contribution in [0.1, 0.15) is 18.4 Å². The number of benzene rings is 1. The highest BCUT2D eigenvalue weighted by molar-refractivity contribution is 9.10. The summed E-state index contributed by atoms with van der Waals surface area (Å²) in [6.45, 7) is 1.58. The lowest BCUT2D eigenvalue weighted by Gasteiger charge is -2.26. The summed E-state index contributed by atoms with van der Waals surface area (Å²) in [7, 11) is 0. The fraction of sp³-hybridized carbons (Fsp3) is 0.538. The van der Waals surface area contributed by atoms with E-state index in [1.54, 1.807) is 0 Å². The largest absolute Gasteiger partial charge is 0.392 e. The Balaban J connectivity index is 1.93. The summed E-state index contributed by atoms with van der Waals surface area (Å²) in [6, 6.07) is 8.15. The van der Waals surface area contributed by atoms with Crippen LogP contribution in [-0.4, -0.2) is 24.4 Å². The third-order valence-electron chi connectivity index (χ3n) is 3.14. The molecule has 1 atom stereocenters. The van der Waals surface area contributed by atoms with Gasteiger partial charge in [-0.15, -0.1) is 0 Å². The first-order chi connectivity index (χ1) is 7.75. The van der Waals surface area contributed by atoms with Gasteiger partial charge in [-0.3, -0.25) is 0 Å². The van der Waals surface area contributed by atoms with Crippen LogP contribution in [0.5, 0.6) is 0 Å². The van der Waals surface area contributed by atoms with Crippen LogP contribution in [0, 0.1) is 5.92 Å². The van der Waals surface area contributed by atoms with Gasteiger partial charge in [-0.05, 0) is 42.9 Å². The van der Waals surface area contributed by atoms with E-state index in [9.17, 15) is 5.11 Å². The number of halogens is 1. The highest BCUT2D eigenvalue weighted by Gasteiger charge is 2.22. The van der Waals surface area contributed by atoms with Crippen molar-refractivity contribution in [1.29, 1.82) is 0 Å². The van der Waals surface area contributed by atoms with Crippen LogP contribution < -0.4 is 0 Å². The highest BCUT2D eigenvalue weighted by Crippen LogP contribution is 2.22. The van der Waals surface area contributed by atoms with Crippen molar-refractivity contribution in [2.75, 3.05) is 13.2 Å². The average molecular weight is 285 g/mol. The molecule has 0 radical (unpaired) electrons. The Labute approximate surface area is 105 Å². The van der Waals surface area contributed by atoms with Crippen LogP contribution in [0.3, 0.4) is 0 Å². The fourth-order valence-electron chi connectivity index (χ4n) is 2.17. The molecule has 0 saturated carbocycles. The third kappa shape index (κ3) is 3.30. The molecule has 0 spiro atoms. The minimum atomic E-state index is -0.238. The molecule has 1 saturated heterocycles. The van der Waals surface area contributed by atoms with E-state index in [1.807, 2.05) is 12.1 Å². The Morgan fingerprint density at radius 3 is 2.81 bits per heavy atom. The van der Waals surface area contributed by atoms with Crippen LogP contribution >= 0.6 is 15.9 Å². The Kier molecular flexibility index (Phi) is 4.38. The molecule has 1 aliphatic rings. The number of aliphatic hydroxyl groups is 1. The first-order valence-corrected chi connectivity index (χ1v) is 6.55. The molecule has 88 valence electrons. The molecule has 16 heavy (non-hydrogen) atoms. The van der Waals surface area contributed by atoms with Crippen molar-refractivity contribution in [2.45, 2.75) is 25.4 Å². The summed E-state index contributed by atoms with van der Waals surface area (Å²) < 4.78 is 6.37. The molecule has 2 nitrogen and oxygen atoms in total. The van der Waals surface area contributed by atoms with Crippen molar-refractivity contribution >= 4 is 15.9 Å². The van der Waals surface area contributed by atoms with Gasteiger partial charge in [0.2, 0.25) is 0 Å². The van der Waals surface area contributed by atoms with Gasteiger partial charge < -0.3 is 9.84 Å². The molecular formula is C13H17BrO2. The molecule has 1 aromatic carbocycles. The van der Waals surface area contributed by atoms with Crippen LogP contribution in [-0.2, 0) is 11.2 Å². The van der Waals surface area contributed by atoms with E-state index in [2.05, 4.69) is 28.1 Å². The number of hydrogen-bond acceptors (Lipinski definition) is 2. The zero-order chi connectivity index (χ0) is 11.4. The molecule has 0 bridgehead atoms. The lowest BCUT2D eigenvalue weighted by atomic mass is 9.90. The van der Waals surface area contributed by atoms with E-state index in [4.69, 9.17) is 4.74 Å². The van der Waals surface area contributed by atoms with E-state index >= 15 is 0 Å². The topological polar surface area (TPSA) is 29.5 Å². The molecule has 1 heterocycles. The van der Waals surface area contributed by atoms with Gasteiger partial charge in [0.1, 0.15) is 0 Å². The molecule has 1 N–H and O–H groups in total. The smallest absolute Gasteiger partial charge is 0.0610 e. The standard InChI is InChI=1S/C13H17BrO2/c14-12-3-1-2-10(8-12)9-13(15)11-4-6-16-7-5-11/h1-3,8,11,13,15H,4-7,9H2. The van der Waals surface area contributed by atoms with Gasteiger partial charge in [0.15, 0.2) is 0 Å². The highest BCUT2D eigenvalue weighted by atomic mass is 79.9. The number of rotatable bonds is 3. The zero-order valence-electron chi connectivity index (χ0n) is 9.23. The molecule has 1 fully saturated rings. The Morgan fingerprint density at radius 1 is 1.38 bits per heavy atom. The van der Waals surface area contributed by atoms with Crippen molar-refractivity contribution in [3.63, 3.8) is 0 Å². The summed E-state index contributed by atoms with van der Waals surface area (Å²) >= 11 is 3.45. The van der Waals surface area contributed by atoms with Crippen molar-refractivity contribution in [3.05, 3.63) is 34.3 Å². The molecule has 0 aliphatic carbocycles. The Morgan fingerprint density at radius 2 is 2.12 bits per heavy atom. The summed E-state index contributed by atoms with van der Waals surface area (Å²) in [5.41, 5.74) is 1.19.